The van der Waals surface area contributed by atoms with E-state index in [-0.39, 0.29) is 5.69 Å². The maximum atomic E-state index is 11.5. The Morgan fingerprint density at radius 2 is 2.28 bits per heavy atom. The van der Waals surface area contributed by atoms with Gasteiger partial charge in [-0.05, 0) is 18.8 Å². The molecule has 18 heavy (non-hydrogen) atoms. The number of carbonyl (C=O) groups is 1. The van der Waals surface area contributed by atoms with Crippen LogP contribution >= 0.6 is 0 Å². The van der Waals surface area contributed by atoms with Gasteiger partial charge in [0.05, 0.1) is 6.61 Å². The Bertz CT molecular complexity index is 434. The predicted octanol–water partition coefficient (Wildman–Crippen LogP) is 0.507. The van der Waals surface area contributed by atoms with Crippen LogP contribution in [0.3, 0.4) is 0 Å². The largest absolute Gasteiger partial charge is 0.461 e. The molecule has 2 aliphatic rings. The maximum absolute atomic E-state index is 11.5. The molecule has 3 rings (SSSR count). The van der Waals surface area contributed by atoms with E-state index in [1.807, 2.05) is 0 Å². The summed E-state index contributed by atoms with van der Waals surface area (Å²) >= 11 is 0. The number of ether oxygens (including phenoxy) is 1. The maximum Gasteiger partial charge on any atom is 0.360 e. The first kappa shape index (κ1) is 11.5. The van der Waals surface area contributed by atoms with Crippen LogP contribution in [-0.4, -0.2) is 43.7 Å². The minimum Gasteiger partial charge on any atom is -0.461 e. The fourth-order valence-electron chi connectivity index (χ4n) is 2.72. The Kier molecular flexibility index (Phi) is 2.95. The average Bonchev–Trinajstić information content (AvgIpc) is 3.03. The zero-order valence-corrected chi connectivity index (χ0v) is 10.4. The molecule has 0 unspecified atom stereocenters. The molecule has 2 atom stereocenters. The Balaban J connectivity index is 1.68. The average molecular weight is 251 g/mol. The van der Waals surface area contributed by atoms with E-state index < -0.39 is 5.97 Å². The van der Waals surface area contributed by atoms with E-state index >= 15 is 0 Å². The standard InChI is InChI=1S/C12H17N3O3/c1-2-17-11(16)10-7-18-12(14-10)15-5-8-3-13-4-9(8)6-15/h7-9,13H,2-6H2,1H3/t8-,9+. The van der Waals surface area contributed by atoms with Crippen LogP contribution in [0.15, 0.2) is 10.7 Å². The van der Waals surface area contributed by atoms with Crippen LogP contribution in [0.4, 0.5) is 6.01 Å². The van der Waals surface area contributed by atoms with Crippen molar-refractivity contribution in [1.82, 2.24) is 10.3 Å². The summed E-state index contributed by atoms with van der Waals surface area (Å²) < 4.78 is 10.3. The molecule has 0 saturated carbocycles. The summed E-state index contributed by atoms with van der Waals surface area (Å²) in [6.07, 6.45) is 1.37. The molecule has 6 heteroatoms. The van der Waals surface area contributed by atoms with Crippen LogP contribution in [-0.2, 0) is 4.74 Å². The lowest BCUT2D eigenvalue weighted by atomic mass is 10.0. The van der Waals surface area contributed by atoms with Gasteiger partial charge in [0.25, 0.3) is 6.01 Å². The van der Waals surface area contributed by atoms with Crippen LogP contribution in [0, 0.1) is 11.8 Å². The highest BCUT2D eigenvalue weighted by molar-refractivity contribution is 5.87. The highest BCUT2D eigenvalue weighted by Crippen LogP contribution is 2.29. The molecule has 0 bridgehead atoms. The summed E-state index contributed by atoms with van der Waals surface area (Å²) in [6, 6.07) is 0.535. The lowest BCUT2D eigenvalue weighted by molar-refractivity contribution is 0.0519. The van der Waals surface area contributed by atoms with Crippen molar-refractivity contribution in [3.8, 4) is 0 Å². The molecule has 6 nitrogen and oxygen atoms in total. The zero-order chi connectivity index (χ0) is 12.5. The predicted molar refractivity (Wildman–Crippen MR) is 64.5 cm³/mol. The fraction of sp³-hybridized carbons (Fsp3) is 0.667. The van der Waals surface area contributed by atoms with E-state index in [0.29, 0.717) is 24.5 Å². The summed E-state index contributed by atoms with van der Waals surface area (Å²) in [5.74, 6) is 0.916. The smallest absolute Gasteiger partial charge is 0.360 e. The monoisotopic (exact) mass is 251 g/mol. The summed E-state index contributed by atoms with van der Waals surface area (Å²) in [5, 5.41) is 3.38. The number of aromatic nitrogens is 1. The minimum absolute atomic E-state index is 0.252. The molecule has 2 saturated heterocycles. The Morgan fingerprint density at radius 3 is 2.94 bits per heavy atom. The van der Waals surface area contributed by atoms with Crippen molar-refractivity contribution in [3.63, 3.8) is 0 Å². The van der Waals surface area contributed by atoms with E-state index in [9.17, 15) is 4.79 Å². The molecule has 0 spiro atoms. The van der Waals surface area contributed by atoms with Gasteiger partial charge in [-0.1, -0.05) is 0 Å². The van der Waals surface area contributed by atoms with Gasteiger partial charge in [0.2, 0.25) is 0 Å². The third kappa shape index (κ3) is 1.96. The molecule has 2 aliphatic heterocycles. The Morgan fingerprint density at radius 1 is 1.56 bits per heavy atom. The highest BCUT2D eigenvalue weighted by atomic mass is 16.5. The van der Waals surface area contributed by atoms with Gasteiger partial charge in [0, 0.05) is 26.2 Å². The van der Waals surface area contributed by atoms with Crippen molar-refractivity contribution in [2.75, 3.05) is 37.7 Å². The highest BCUT2D eigenvalue weighted by Gasteiger charge is 2.37. The van der Waals surface area contributed by atoms with Gasteiger partial charge in [0.1, 0.15) is 6.26 Å². The van der Waals surface area contributed by atoms with Gasteiger partial charge >= 0.3 is 5.97 Å². The summed E-state index contributed by atoms with van der Waals surface area (Å²) in [6.45, 7) is 6.13. The minimum atomic E-state index is -0.423. The fourth-order valence-corrected chi connectivity index (χ4v) is 2.72. The third-order valence-corrected chi connectivity index (χ3v) is 3.64. The van der Waals surface area contributed by atoms with Crippen molar-refractivity contribution >= 4 is 12.0 Å². The second-order valence-corrected chi connectivity index (χ2v) is 4.82. The summed E-state index contributed by atoms with van der Waals surface area (Å²) in [7, 11) is 0. The van der Waals surface area contributed by atoms with Gasteiger partial charge in [-0.25, -0.2) is 4.79 Å². The van der Waals surface area contributed by atoms with Gasteiger partial charge in [-0.15, -0.1) is 0 Å². The first-order valence-corrected chi connectivity index (χ1v) is 6.36. The molecule has 0 aliphatic carbocycles. The molecule has 0 amide bonds. The Labute approximate surface area is 105 Å². The van der Waals surface area contributed by atoms with Crippen LogP contribution in [0.1, 0.15) is 17.4 Å². The van der Waals surface area contributed by atoms with E-state index in [1.54, 1.807) is 6.92 Å². The number of carbonyl (C=O) groups excluding carboxylic acids is 1. The van der Waals surface area contributed by atoms with Crippen molar-refractivity contribution in [1.29, 1.82) is 0 Å². The Hall–Kier alpha value is -1.56. The molecular formula is C12H17N3O3. The lowest BCUT2D eigenvalue weighted by Gasteiger charge is -2.13. The van der Waals surface area contributed by atoms with Crippen molar-refractivity contribution < 1.29 is 13.9 Å². The number of rotatable bonds is 3. The van der Waals surface area contributed by atoms with E-state index in [0.717, 1.165) is 26.2 Å². The van der Waals surface area contributed by atoms with E-state index in [1.165, 1.54) is 6.26 Å². The van der Waals surface area contributed by atoms with E-state index in [4.69, 9.17) is 9.15 Å². The number of esters is 1. The molecule has 0 aromatic carbocycles. The van der Waals surface area contributed by atoms with Crippen LogP contribution in [0.25, 0.3) is 0 Å². The van der Waals surface area contributed by atoms with Gasteiger partial charge in [-0.3, -0.25) is 0 Å². The quantitative estimate of drug-likeness (QED) is 0.789. The second kappa shape index (κ2) is 4.61. The number of anilines is 1. The molecule has 1 N–H and O–H groups in total. The first-order chi connectivity index (χ1) is 8.78. The third-order valence-electron chi connectivity index (χ3n) is 3.64. The van der Waals surface area contributed by atoms with Gasteiger partial charge < -0.3 is 19.4 Å². The van der Waals surface area contributed by atoms with Crippen LogP contribution in [0.2, 0.25) is 0 Å². The molecule has 1 aromatic rings. The number of hydrogen-bond acceptors (Lipinski definition) is 6. The number of nitrogens with one attached hydrogen (secondary N) is 1. The zero-order valence-electron chi connectivity index (χ0n) is 10.4. The SMILES string of the molecule is CCOC(=O)c1coc(N2C[C@H]3CNC[C@H]3C2)n1. The van der Waals surface area contributed by atoms with Crippen LogP contribution in [0.5, 0.6) is 0 Å². The molecule has 98 valence electrons. The summed E-state index contributed by atoms with van der Waals surface area (Å²) in [4.78, 5) is 17.8. The first-order valence-electron chi connectivity index (χ1n) is 6.36. The van der Waals surface area contributed by atoms with Crippen molar-refractivity contribution in [3.05, 3.63) is 12.0 Å². The number of hydrogen-bond donors (Lipinski definition) is 1. The van der Waals surface area contributed by atoms with Gasteiger partial charge in [-0.2, -0.15) is 4.98 Å². The number of oxazole rings is 1. The number of nitrogens with zero attached hydrogens (tertiary/aromatic N) is 2. The number of fused-ring (bicyclic) bond motifs is 1. The molecular weight excluding hydrogens is 234 g/mol. The second-order valence-electron chi connectivity index (χ2n) is 4.82. The topological polar surface area (TPSA) is 67.6 Å². The molecule has 3 heterocycles. The summed E-state index contributed by atoms with van der Waals surface area (Å²) in [5.41, 5.74) is 0.252. The molecule has 2 fully saturated rings. The van der Waals surface area contributed by atoms with Crippen LogP contribution < -0.4 is 10.2 Å². The van der Waals surface area contributed by atoms with E-state index in [2.05, 4.69) is 15.2 Å². The van der Waals surface area contributed by atoms with Crippen molar-refractivity contribution in [2.24, 2.45) is 11.8 Å². The van der Waals surface area contributed by atoms with Gasteiger partial charge in [0.15, 0.2) is 5.69 Å². The lowest BCUT2D eigenvalue weighted by Crippen LogP contribution is -2.25. The normalized spacial score (nSPS) is 26.4. The van der Waals surface area contributed by atoms with Crippen molar-refractivity contribution in [2.45, 2.75) is 6.92 Å². The molecule has 1 aromatic heterocycles. The molecule has 0 radical (unpaired) electrons.